The zero-order valence-electron chi connectivity index (χ0n) is 17.5. The molecule has 1 aliphatic heterocycles. The fourth-order valence-electron chi connectivity index (χ4n) is 3.88. The van der Waals surface area contributed by atoms with Gasteiger partial charge in [-0.2, -0.15) is 0 Å². The molecule has 4 rings (SSSR count). The van der Waals surface area contributed by atoms with Crippen molar-refractivity contribution < 1.29 is 18.3 Å². The number of rotatable bonds is 3. The first-order valence-corrected chi connectivity index (χ1v) is 10.3. The number of anilines is 1. The highest BCUT2D eigenvalue weighted by atomic mass is 19.1. The largest absolute Gasteiger partial charge is 0.444 e. The second-order valence-corrected chi connectivity index (χ2v) is 8.86. The van der Waals surface area contributed by atoms with Gasteiger partial charge in [0.15, 0.2) is 5.82 Å². The number of piperidine rings is 1. The number of carbonyl (C=O) groups is 1. The maximum Gasteiger partial charge on any atom is 0.410 e. The molecule has 1 amide bonds. The van der Waals surface area contributed by atoms with Crippen molar-refractivity contribution in [1.82, 2.24) is 19.5 Å². The van der Waals surface area contributed by atoms with Crippen LogP contribution in [0.4, 0.5) is 19.5 Å². The monoisotopic (exact) mass is 419 g/mol. The molecule has 30 heavy (non-hydrogen) atoms. The van der Waals surface area contributed by atoms with Gasteiger partial charge in [0.05, 0.1) is 24.5 Å². The number of hydrogen-bond donors (Lipinski definition) is 1. The average Bonchev–Trinajstić information content (AvgIpc) is 3.30. The normalized spacial score (nSPS) is 22.3. The molecule has 9 heteroatoms. The number of halogens is 2. The fraction of sp³-hybridized carbons (Fsp3) is 0.571. The average molecular weight is 419 g/mol. The van der Waals surface area contributed by atoms with Crippen molar-refractivity contribution in [2.75, 3.05) is 18.4 Å². The summed E-state index contributed by atoms with van der Waals surface area (Å²) in [5.74, 6) is -0.144. The van der Waals surface area contributed by atoms with Crippen molar-refractivity contribution >= 4 is 23.1 Å². The van der Waals surface area contributed by atoms with Crippen LogP contribution in [0.5, 0.6) is 0 Å². The summed E-state index contributed by atoms with van der Waals surface area (Å²) in [7, 11) is 0. The van der Waals surface area contributed by atoms with Gasteiger partial charge in [0.2, 0.25) is 5.95 Å². The number of likely N-dealkylation sites (tertiary alicyclic amines) is 1. The Morgan fingerprint density at radius 1 is 1.37 bits per heavy atom. The molecule has 2 aromatic rings. The smallest absolute Gasteiger partial charge is 0.410 e. The van der Waals surface area contributed by atoms with E-state index in [1.54, 1.807) is 20.8 Å². The minimum absolute atomic E-state index is 0.0644. The summed E-state index contributed by atoms with van der Waals surface area (Å²) in [4.78, 5) is 17.7. The van der Waals surface area contributed by atoms with E-state index in [4.69, 9.17) is 4.74 Å². The van der Waals surface area contributed by atoms with Gasteiger partial charge in [-0.1, -0.05) is 6.08 Å². The van der Waals surface area contributed by atoms with E-state index in [9.17, 15) is 13.6 Å². The molecule has 2 aliphatic rings. The number of nitrogens with zero attached hydrogens (tertiary/aromatic N) is 4. The van der Waals surface area contributed by atoms with Gasteiger partial charge < -0.3 is 15.0 Å². The first-order valence-electron chi connectivity index (χ1n) is 10.3. The van der Waals surface area contributed by atoms with Gasteiger partial charge in [0.25, 0.3) is 0 Å². The third-order valence-electron chi connectivity index (χ3n) is 5.35. The van der Waals surface area contributed by atoms with Crippen LogP contribution in [0.3, 0.4) is 0 Å². The van der Waals surface area contributed by atoms with Crippen molar-refractivity contribution in [1.29, 1.82) is 0 Å². The highest BCUT2D eigenvalue weighted by Crippen LogP contribution is 2.30. The quantitative estimate of drug-likeness (QED) is 0.808. The first-order chi connectivity index (χ1) is 14.2. The minimum atomic E-state index is -1.30. The lowest BCUT2D eigenvalue weighted by molar-refractivity contribution is 0.0125. The number of fused-ring (bicyclic) bond motifs is 1. The van der Waals surface area contributed by atoms with E-state index < -0.39 is 23.9 Å². The standard InChI is InChI=1S/C21H27F2N5O2/c1-21(2,3)30-20(29)27-9-8-16(15(23)12-27)25-19-24-11-18-14(22)10-17(28(18)26-19)13-6-4-5-7-13/h6,10-11,15-16H,4-5,7-9,12H2,1-3H3,(H,25,26)/t15-,16-/m1/s1. The Bertz CT molecular complexity index is 982. The SMILES string of the molecule is CC(C)(C)OC(=O)N1CC[C@@H](Nc2ncc3c(F)cc(C4=CCCC4)n3n2)[C@H](F)C1. The lowest BCUT2D eigenvalue weighted by Crippen LogP contribution is -2.51. The molecular weight excluding hydrogens is 392 g/mol. The second-order valence-electron chi connectivity index (χ2n) is 8.86. The Labute approximate surface area is 174 Å². The second kappa shape index (κ2) is 7.85. The maximum atomic E-state index is 14.8. The topological polar surface area (TPSA) is 71.8 Å². The molecule has 0 saturated carbocycles. The number of aromatic nitrogens is 3. The lowest BCUT2D eigenvalue weighted by Gasteiger charge is -2.35. The van der Waals surface area contributed by atoms with Gasteiger partial charge in [-0.15, -0.1) is 5.10 Å². The van der Waals surface area contributed by atoms with Crippen LogP contribution in [-0.4, -0.2) is 56.5 Å². The molecule has 1 N–H and O–H groups in total. The summed E-state index contributed by atoms with van der Waals surface area (Å²) in [6, 6.07) is 0.929. The molecule has 0 aromatic carbocycles. The van der Waals surface area contributed by atoms with Gasteiger partial charge in [0, 0.05) is 12.6 Å². The van der Waals surface area contributed by atoms with E-state index in [1.807, 2.05) is 0 Å². The van der Waals surface area contributed by atoms with Gasteiger partial charge in [-0.25, -0.2) is 23.1 Å². The van der Waals surface area contributed by atoms with Crippen LogP contribution in [-0.2, 0) is 4.74 Å². The van der Waals surface area contributed by atoms with E-state index in [1.165, 1.54) is 21.7 Å². The third-order valence-corrected chi connectivity index (χ3v) is 5.35. The zero-order valence-corrected chi connectivity index (χ0v) is 17.5. The number of carbonyl (C=O) groups excluding carboxylic acids is 1. The number of nitrogens with one attached hydrogen (secondary N) is 1. The highest BCUT2D eigenvalue weighted by molar-refractivity contribution is 5.69. The first kappa shape index (κ1) is 20.6. The Morgan fingerprint density at radius 2 is 2.17 bits per heavy atom. The number of ether oxygens (including phenoxy) is 1. The predicted octanol–water partition coefficient (Wildman–Crippen LogP) is 4.20. The predicted molar refractivity (Wildman–Crippen MR) is 110 cm³/mol. The minimum Gasteiger partial charge on any atom is -0.444 e. The molecule has 1 aliphatic carbocycles. The Morgan fingerprint density at radius 3 is 2.83 bits per heavy atom. The van der Waals surface area contributed by atoms with Crippen molar-refractivity contribution in [2.45, 2.75) is 64.3 Å². The van der Waals surface area contributed by atoms with Crippen LogP contribution in [0, 0.1) is 5.82 Å². The lowest BCUT2D eigenvalue weighted by atomic mass is 10.0. The van der Waals surface area contributed by atoms with Crippen LogP contribution >= 0.6 is 0 Å². The molecule has 0 bridgehead atoms. The number of alkyl halides is 1. The molecule has 1 fully saturated rings. The van der Waals surface area contributed by atoms with Crippen molar-refractivity contribution in [2.24, 2.45) is 0 Å². The molecule has 1 saturated heterocycles. The molecule has 7 nitrogen and oxygen atoms in total. The van der Waals surface area contributed by atoms with E-state index in [2.05, 4.69) is 21.5 Å². The van der Waals surface area contributed by atoms with Crippen LogP contribution in [0.2, 0.25) is 0 Å². The molecule has 2 aromatic heterocycles. The molecule has 0 spiro atoms. The number of hydrogen-bond acceptors (Lipinski definition) is 5. The number of amides is 1. The van der Waals surface area contributed by atoms with Crippen LogP contribution in [0.25, 0.3) is 11.1 Å². The molecule has 2 atom stereocenters. The summed E-state index contributed by atoms with van der Waals surface area (Å²) in [6.07, 6.45) is 4.98. The van der Waals surface area contributed by atoms with E-state index >= 15 is 0 Å². The Balaban J connectivity index is 1.47. The van der Waals surface area contributed by atoms with Gasteiger partial charge >= 0.3 is 6.09 Å². The van der Waals surface area contributed by atoms with Gasteiger partial charge in [-0.3, -0.25) is 0 Å². The van der Waals surface area contributed by atoms with Crippen molar-refractivity contribution in [3.05, 3.63) is 29.9 Å². The third kappa shape index (κ3) is 4.24. The van der Waals surface area contributed by atoms with Crippen LogP contribution in [0.15, 0.2) is 18.3 Å². The van der Waals surface area contributed by atoms with Crippen LogP contribution < -0.4 is 5.32 Å². The Kier molecular flexibility index (Phi) is 5.38. The van der Waals surface area contributed by atoms with Gasteiger partial charge in [0.1, 0.15) is 17.3 Å². The van der Waals surface area contributed by atoms with E-state index in [0.29, 0.717) is 24.2 Å². The van der Waals surface area contributed by atoms with Crippen molar-refractivity contribution in [3.63, 3.8) is 0 Å². The highest BCUT2D eigenvalue weighted by Gasteiger charge is 2.34. The maximum absolute atomic E-state index is 14.8. The summed E-state index contributed by atoms with van der Waals surface area (Å²) >= 11 is 0. The molecule has 0 unspecified atom stereocenters. The summed E-state index contributed by atoms with van der Waals surface area (Å²) in [6.45, 7) is 5.63. The van der Waals surface area contributed by atoms with Gasteiger partial charge in [-0.05, 0) is 52.0 Å². The Hall–Kier alpha value is -2.71. The fourth-order valence-corrected chi connectivity index (χ4v) is 3.88. The molecule has 0 radical (unpaired) electrons. The molecular formula is C21H27F2N5O2. The van der Waals surface area contributed by atoms with E-state index in [-0.39, 0.29) is 18.3 Å². The number of allylic oxidation sites excluding steroid dienone is 2. The summed E-state index contributed by atoms with van der Waals surface area (Å²) in [5, 5.41) is 7.43. The van der Waals surface area contributed by atoms with E-state index in [0.717, 1.165) is 24.8 Å². The summed E-state index contributed by atoms with van der Waals surface area (Å²) < 4.78 is 35.9. The molecule has 3 heterocycles. The van der Waals surface area contributed by atoms with Crippen molar-refractivity contribution in [3.8, 4) is 0 Å². The zero-order chi connectivity index (χ0) is 21.5. The summed E-state index contributed by atoms with van der Waals surface area (Å²) in [5.41, 5.74) is 1.44. The van der Waals surface area contributed by atoms with Crippen LogP contribution in [0.1, 0.15) is 52.1 Å². The molecule has 162 valence electrons.